The van der Waals surface area contributed by atoms with Crippen LogP contribution in [-0.4, -0.2) is 26.8 Å². The fourth-order valence-corrected chi connectivity index (χ4v) is 3.54. The summed E-state index contributed by atoms with van der Waals surface area (Å²) in [4.78, 5) is 21.3. The zero-order valence-corrected chi connectivity index (χ0v) is 16.3. The van der Waals surface area contributed by atoms with Crippen LogP contribution in [0.1, 0.15) is 24.3 Å². The molecule has 3 heterocycles. The molecule has 0 N–H and O–H groups in total. The molecule has 1 aliphatic rings. The lowest BCUT2D eigenvalue weighted by Gasteiger charge is -2.21. The van der Waals surface area contributed by atoms with Gasteiger partial charge in [0.25, 0.3) is 0 Å². The predicted octanol–water partition coefficient (Wildman–Crippen LogP) is 4.54. The van der Waals surface area contributed by atoms with Gasteiger partial charge in [0.05, 0.1) is 11.2 Å². The molecule has 5 rings (SSSR count). The van der Waals surface area contributed by atoms with Crippen molar-refractivity contribution in [2.45, 2.75) is 13.2 Å². The largest absolute Gasteiger partial charge is 0.446 e. The Balaban J connectivity index is 1.65. The van der Waals surface area contributed by atoms with Gasteiger partial charge < -0.3 is 4.74 Å². The quantitative estimate of drug-likeness (QED) is 0.512. The van der Waals surface area contributed by atoms with Crippen molar-refractivity contribution in [2.75, 3.05) is 0 Å². The van der Waals surface area contributed by atoms with E-state index in [0.717, 1.165) is 33.3 Å². The molecule has 0 radical (unpaired) electrons. The van der Waals surface area contributed by atoms with E-state index in [2.05, 4.69) is 10.1 Å². The Kier molecular flexibility index (Phi) is 4.44. The summed E-state index contributed by atoms with van der Waals surface area (Å²) in [7, 11) is 0. The molecule has 0 spiro atoms. The van der Waals surface area contributed by atoms with Crippen LogP contribution in [0.15, 0.2) is 90.3 Å². The van der Waals surface area contributed by atoms with Crippen molar-refractivity contribution in [3.8, 4) is 11.3 Å². The van der Waals surface area contributed by atoms with Crippen LogP contribution in [0.5, 0.6) is 0 Å². The molecule has 0 fully saturated rings. The molecule has 30 heavy (non-hydrogen) atoms. The Morgan fingerprint density at radius 1 is 0.933 bits per heavy atom. The van der Waals surface area contributed by atoms with Gasteiger partial charge in [0.15, 0.2) is 0 Å². The first-order chi connectivity index (χ1) is 14.7. The van der Waals surface area contributed by atoms with Crippen molar-refractivity contribution in [3.63, 3.8) is 0 Å². The summed E-state index contributed by atoms with van der Waals surface area (Å²) in [5.74, 6) is 0.186. The molecule has 0 aliphatic carbocycles. The zero-order chi connectivity index (χ0) is 20.5. The topological polar surface area (TPSA) is 67.7 Å². The number of hydrogen-bond donors (Lipinski definition) is 0. The Morgan fingerprint density at radius 2 is 1.67 bits per heavy atom. The maximum Gasteiger partial charge on any atom is 0.243 e. The minimum atomic E-state index is -0.680. The third kappa shape index (κ3) is 3.18. The molecule has 2 aromatic heterocycles. The Hall–Kier alpha value is -4.06. The smallest absolute Gasteiger partial charge is 0.243 e. The number of hydrazone groups is 1. The average molecular weight is 394 g/mol. The second-order valence-corrected chi connectivity index (χ2v) is 6.95. The molecule has 6 nitrogen and oxygen atoms in total. The van der Waals surface area contributed by atoms with Crippen LogP contribution < -0.4 is 0 Å². The van der Waals surface area contributed by atoms with E-state index >= 15 is 0 Å². The third-order valence-corrected chi connectivity index (χ3v) is 4.98. The number of fused-ring (bicyclic) bond motifs is 1. The van der Waals surface area contributed by atoms with Crippen LogP contribution in [0, 0.1) is 0 Å². The predicted molar refractivity (Wildman–Crippen MR) is 114 cm³/mol. The molecule has 0 bridgehead atoms. The summed E-state index contributed by atoms with van der Waals surface area (Å²) in [6, 6.07) is 23.4. The summed E-state index contributed by atoms with van der Waals surface area (Å²) >= 11 is 0. The lowest BCUT2D eigenvalue weighted by atomic mass is 10.0. The standard InChI is InChI=1S/C24H18N4O2/c1-16(29)28-24(30-23(27-28)18-11-13-25-14-12-18)20-15-22(17-7-3-2-4-8-17)26-21-10-6-5-9-19(20)21/h2-15,24H,1H3/t24-/m0/s1. The van der Waals surface area contributed by atoms with Crippen molar-refractivity contribution in [2.24, 2.45) is 5.10 Å². The van der Waals surface area contributed by atoms with Crippen LogP contribution in [-0.2, 0) is 9.53 Å². The second-order valence-electron chi connectivity index (χ2n) is 6.95. The first-order valence-electron chi connectivity index (χ1n) is 9.61. The van der Waals surface area contributed by atoms with Gasteiger partial charge in [-0.15, -0.1) is 5.10 Å². The fraction of sp³-hybridized carbons (Fsp3) is 0.0833. The highest BCUT2D eigenvalue weighted by Crippen LogP contribution is 2.36. The molecule has 4 aromatic rings. The molecule has 0 saturated carbocycles. The van der Waals surface area contributed by atoms with Gasteiger partial charge in [-0.2, -0.15) is 5.01 Å². The van der Waals surface area contributed by atoms with Crippen molar-refractivity contribution < 1.29 is 9.53 Å². The molecular weight excluding hydrogens is 376 g/mol. The first-order valence-corrected chi connectivity index (χ1v) is 9.61. The minimum Gasteiger partial charge on any atom is -0.446 e. The number of para-hydroxylation sites is 1. The van der Waals surface area contributed by atoms with Gasteiger partial charge in [0.2, 0.25) is 18.0 Å². The molecule has 146 valence electrons. The van der Waals surface area contributed by atoms with E-state index in [1.807, 2.05) is 60.7 Å². The lowest BCUT2D eigenvalue weighted by Crippen LogP contribution is -2.25. The second kappa shape index (κ2) is 7.40. The van der Waals surface area contributed by atoms with Crippen LogP contribution in [0.2, 0.25) is 0 Å². The van der Waals surface area contributed by atoms with E-state index in [4.69, 9.17) is 9.72 Å². The molecule has 6 heteroatoms. The molecule has 0 saturated heterocycles. The first kappa shape index (κ1) is 18.0. The van der Waals surface area contributed by atoms with Crippen molar-refractivity contribution in [1.82, 2.24) is 15.0 Å². The van der Waals surface area contributed by atoms with E-state index in [-0.39, 0.29) is 5.91 Å². The van der Waals surface area contributed by atoms with Crippen LogP contribution in [0.3, 0.4) is 0 Å². The van der Waals surface area contributed by atoms with Gasteiger partial charge >= 0.3 is 0 Å². The van der Waals surface area contributed by atoms with Crippen molar-refractivity contribution in [1.29, 1.82) is 0 Å². The maximum absolute atomic E-state index is 12.4. The molecular formula is C24H18N4O2. The van der Waals surface area contributed by atoms with E-state index in [9.17, 15) is 4.79 Å². The summed E-state index contributed by atoms with van der Waals surface area (Å²) in [6.45, 7) is 1.48. The van der Waals surface area contributed by atoms with Crippen molar-refractivity contribution >= 4 is 22.7 Å². The number of carbonyl (C=O) groups excluding carboxylic acids is 1. The van der Waals surface area contributed by atoms with E-state index in [1.165, 1.54) is 11.9 Å². The van der Waals surface area contributed by atoms with Crippen LogP contribution in [0.25, 0.3) is 22.2 Å². The Morgan fingerprint density at radius 3 is 2.43 bits per heavy atom. The maximum atomic E-state index is 12.4. The number of carbonyl (C=O) groups is 1. The number of pyridine rings is 2. The normalized spacial score (nSPS) is 15.7. The molecule has 0 unspecified atom stereocenters. The van der Waals surface area contributed by atoms with E-state index < -0.39 is 6.23 Å². The number of hydrogen-bond acceptors (Lipinski definition) is 5. The van der Waals surface area contributed by atoms with Crippen LogP contribution in [0.4, 0.5) is 0 Å². The lowest BCUT2D eigenvalue weighted by molar-refractivity contribution is -0.135. The Labute approximate surface area is 173 Å². The number of aromatic nitrogens is 2. The van der Waals surface area contributed by atoms with E-state index in [0.29, 0.717) is 5.90 Å². The average Bonchev–Trinajstić information content (AvgIpc) is 3.25. The molecule has 1 atom stereocenters. The summed E-state index contributed by atoms with van der Waals surface area (Å²) in [5.41, 5.74) is 4.24. The zero-order valence-electron chi connectivity index (χ0n) is 16.3. The fourth-order valence-electron chi connectivity index (χ4n) is 3.54. The van der Waals surface area contributed by atoms with Gasteiger partial charge in [0.1, 0.15) is 0 Å². The number of nitrogens with zero attached hydrogens (tertiary/aromatic N) is 4. The van der Waals surface area contributed by atoms with Crippen LogP contribution >= 0.6 is 0 Å². The SMILES string of the molecule is CC(=O)N1N=C(c2ccncc2)O[C@H]1c1cc(-c2ccccc2)nc2ccccc12. The number of benzene rings is 2. The van der Waals surface area contributed by atoms with Gasteiger partial charge in [-0.1, -0.05) is 48.5 Å². The number of rotatable bonds is 3. The Bertz CT molecular complexity index is 1260. The van der Waals surface area contributed by atoms with E-state index in [1.54, 1.807) is 24.5 Å². The minimum absolute atomic E-state index is 0.203. The highest BCUT2D eigenvalue weighted by Gasteiger charge is 2.34. The summed E-state index contributed by atoms with van der Waals surface area (Å²) in [6.07, 6.45) is 2.66. The number of ether oxygens (including phenoxy) is 1. The number of amides is 1. The third-order valence-electron chi connectivity index (χ3n) is 4.98. The summed E-state index contributed by atoms with van der Waals surface area (Å²) < 4.78 is 6.21. The van der Waals surface area contributed by atoms with Gasteiger partial charge in [-0.3, -0.25) is 9.78 Å². The van der Waals surface area contributed by atoms with Gasteiger partial charge in [-0.05, 0) is 24.3 Å². The van der Waals surface area contributed by atoms with Gasteiger partial charge in [-0.25, -0.2) is 4.98 Å². The monoisotopic (exact) mass is 394 g/mol. The molecule has 1 amide bonds. The molecule has 1 aliphatic heterocycles. The molecule has 2 aromatic carbocycles. The highest BCUT2D eigenvalue weighted by molar-refractivity contribution is 5.97. The van der Waals surface area contributed by atoms with Crippen molar-refractivity contribution in [3.05, 3.63) is 96.3 Å². The summed E-state index contributed by atoms with van der Waals surface area (Å²) in [5, 5.41) is 6.75. The highest BCUT2D eigenvalue weighted by atomic mass is 16.5. The van der Waals surface area contributed by atoms with Gasteiger partial charge in [0, 0.05) is 41.4 Å².